The van der Waals surface area contributed by atoms with Crippen LogP contribution in [0.25, 0.3) is 22.8 Å². The maximum absolute atomic E-state index is 6.27. The molecule has 0 fully saturated rings. The average Bonchev–Trinajstić information content (AvgIpc) is 3.34. The first-order chi connectivity index (χ1) is 13.7. The average molecular weight is 414 g/mol. The Balaban J connectivity index is 1.49. The minimum atomic E-state index is 0.478. The molecule has 2 heterocycles. The first-order valence-electron chi connectivity index (χ1n) is 8.40. The van der Waals surface area contributed by atoms with Gasteiger partial charge in [0.25, 0.3) is 0 Å². The van der Waals surface area contributed by atoms with E-state index in [0.717, 1.165) is 22.0 Å². The van der Waals surface area contributed by atoms with Crippen molar-refractivity contribution in [1.29, 1.82) is 0 Å². The van der Waals surface area contributed by atoms with Gasteiger partial charge in [0.1, 0.15) is 5.75 Å². The quantitative estimate of drug-likeness (QED) is 0.431. The highest BCUT2D eigenvalue weighted by Gasteiger charge is 2.15. The molecule has 4 aromatic rings. The van der Waals surface area contributed by atoms with E-state index in [1.165, 1.54) is 11.8 Å². The molecule has 9 heteroatoms. The van der Waals surface area contributed by atoms with Crippen LogP contribution in [0.4, 0.5) is 0 Å². The van der Waals surface area contributed by atoms with Gasteiger partial charge in [-0.3, -0.25) is 0 Å². The summed E-state index contributed by atoms with van der Waals surface area (Å²) in [5, 5.41) is 13.9. The Kier molecular flexibility index (Phi) is 5.31. The number of aromatic nitrogens is 5. The summed E-state index contributed by atoms with van der Waals surface area (Å²) in [7, 11) is 3.52. The highest BCUT2D eigenvalue weighted by molar-refractivity contribution is 7.98. The summed E-state index contributed by atoms with van der Waals surface area (Å²) in [4.78, 5) is 4.45. The largest absolute Gasteiger partial charge is 0.497 e. The lowest BCUT2D eigenvalue weighted by Crippen LogP contribution is -1.95. The Hall–Kier alpha value is -2.84. The molecule has 142 valence electrons. The molecule has 4 rings (SSSR count). The summed E-state index contributed by atoms with van der Waals surface area (Å²) >= 11 is 7.73. The minimum Gasteiger partial charge on any atom is -0.497 e. The number of thioether (sulfide) groups is 1. The predicted octanol–water partition coefficient (Wildman–Crippen LogP) is 4.49. The van der Waals surface area contributed by atoms with E-state index in [-0.39, 0.29) is 0 Å². The van der Waals surface area contributed by atoms with Gasteiger partial charge in [-0.2, -0.15) is 4.98 Å². The number of hydrogen-bond acceptors (Lipinski definition) is 7. The van der Waals surface area contributed by atoms with Crippen molar-refractivity contribution in [1.82, 2.24) is 24.9 Å². The molecular weight excluding hydrogens is 398 g/mol. The Bertz CT molecular complexity index is 1110. The minimum absolute atomic E-state index is 0.478. The molecule has 0 N–H and O–H groups in total. The van der Waals surface area contributed by atoms with Crippen molar-refractivity contribution in [2.45, 2.75) is 10.9 Å². The maximum atomic E-state index is 6.27. The van der Waals surface area contributed by atoms with Crippen LogP contribution >= 0.6 is 23.4 Å². The van der Waals surface area contributed by atoms with E-state index in [1.807, 2.05) is 60.1 Å². The van der Waals surface area contributed by atoms with Crippen molar-refractivity contribution in [3.8, 4) is 28.5 Å². The summed E-state index contributed by atoms with van der Waals surface area (Å²) in [5.74, 6) is 2.94. The van der Waals surface area contributed by atoms with Gasteiger partial charge >= 0.3 is 0 Å². The molecular formula is C19H16ClN5O2S. The Morgan fingerprint density at radius 1 is 1.14 bits per heavy atom. The van der Waals surface area contributed by atoms with E-state index in [4.69, 9.17) is 20.9 Å². The molecule has 0 unspecified atom stereocenters. The molecule has 2 aromatic heterocycles. The van der Waals surface area contributed by atoms with Crippen molar-refractivity contribution in [3.63, 3.8) is 0 Å². The van der Waals surface area contributed by atoms with Crippen molar-refractivity contribution in [2.75, 3.05) is 7.11 Å². The van der Waals surface area contributed by atoms with Gasteiger partial charge in [0.15, 0.2) is 11.0 Å². The lowest BCUT2D eigenvalue weighted by atomic mass is 10.2. The zero-order chi connectivity index (χ0) is 19.5. The van der Waals surface area contributed by atoms with E-state index in [9.17, 15) is 0 Å². The first kappa shape index (κ1) is 18.5. The summed E-state index contributed by atoms with van der Waals surface area (Å²) in [6.07, 6.45) is 0. The predicted molar refractivity (Wildman–Crippen MR) is 107 cm³/mol. The number of methoxy groups -OCH3 is 1. The fourth-order valence-electron chi connectivity index (χ4n) is 2.64. The zero-order valence-electron chi connectivity index (χ0n) is 15.2. The fraction of sp³-hybridized carbons (Fsp3) is 0.158. The second-order valence-electron chi connectivity index (χ2n) is 5.88. The lowest BCUT2D eigenvalue weighted by molar-refractivity contribution is 0.391. The monoisotopic (exact) mass is 413 g/mol. The van der Waals surface area contributed by atoms with Crippen LogP contribution in [-0.4, -0.2) is 32.0 Å². The normalized spacial score (nSPS) is 11.0. The van der Waals surface area contributed by atoms with Gasteiger partial charge in [-0.25, -0.2) is 0 Å². The van der Waals surface area contributed by atoms with Crippen LogP contribution in [-0.2, 0) is 12.8 Å². The molecule has 0 aliphatic carbocycles. The number of rotatable bonds is 6. The molecule has 28 heavy (non-hydrogen) atoms. The Morgan fingerprint density at radius 2 is 2.00 bits per heavy atom. The van der Waals surface area contributed by atoms with Gasteiger partial charge < -0.3 is 13.8 Å². The van der Waals surface area contributed by atoms with Gasteiger partial charge in [-0.1, -0.05) is 52.8 Å². The lowest BCUT2D eigenvalue weighted by Gasteiger charge is -2.04. The number of halogens is 1. The standard InChI is InChI=1S/C19H16ClN5O2S/c1-25-18(14-8-3-4-9-15(14)20)22-23-19(25)28-11-16-21-17(24-27-16)12-6-5-7-13(10-12)26-2/h3-10H,11H2,1-2H3. The smallest absolute Gasteiger partial charge is 0.237 e. The molecule has 0 bridgehead atoms. The van der Waals surface area contributed by atoms with E-state index < -0.39 is 0 Å². The van der Waals surface area contributed by atoms with Gasteiger partial charge in [0.05, 0.1) is 17.9 Å². The molecule has 0 spiro atoms. The number of benzene rings is 2. The van der Waals surface area contributed by atoms with E-state index in [2.05, 4.69) is 20.3 Å². The van der Waals surface area contributed by atoms with Crippen LogP contribution in [0, 0.1) is 0 Å². The molecule has 0 aliphatic rings. The third-order valence-corrected chi connectivity index (χ3v) is 5.41. The Labute approximate surface area is 170 Å². The highest BCUT2D eigenvalue weighted by Crippen LogP contribution is 2.29. The molecule has 0 amide bonds. The van der Waals surface area contributed by atoms with E-state index in [0.29, 0.717) is 28.3 Å². The zero-order valence-corrected chi connectivity index (χ0v) is 16.7. The van der Waals surface area contributed by atoms with Crippen LogP contribution in [0.1, 0.15) is 5.89 Å². The SMILES string of the molecule is COc1cccc(-c2noc(CSc3nnc(-c4ccccc4Cl)n3C)n2)c1. The second kappa shape index (κ2) is 8.04. The second-order valence-corrected chi connectivity index (χ2v) is 7.23. The summed E-state index contributed by atoms with van der Waals surface area (Å²) in [5.41, 5.74) is 1.67. The first-order valence-corrected chi connectivity index (χ1v) is 9.76. The van der Waals surface area contributed by atoms with Gasteiger partial charge in [0.2, 0.25) is 11.7 Å². The van der Waals surface area contributed by atoms with E-state index in [1.54, 1.807) is 7.11 Å². The highest BCUT2D eigenvalue weighted by atomic mass is 35.5. The van der Waals surface area contributed by atoms with E-state index >= 15 is 0 Å². The van der Waals surface area contributed by atoms with Crippen LogP contribution < -0.4 is 4.74 Å². The van der Waals surface area contributed by atoms with Crippen molar-refractivity contribution >= 4 is 23.4 Å². The number of hydrogen-bond donors (Lipinski definition) is 0. The molecule has 0 saturated carbocycles. The van der Waals surface area contributed by atoms with Crippen molar-refractivity contribution < 1.29 is 9.26 Å². The fourth-order valence-corrected chi connectivity index (χ4v) is 3.61. The molecule has 0 saturated heterocycles. The van der Waals surface area contributed by atoms with Crippen molar-refractivity contribution in [3.05, 3.63) is 59.4 Å². The molecule has 0 atom stereocenters. The number of nitrogens with zero attached hydrogens (tertiary/aromatic N) is 5. The van der Waals surface area contributed by atoms with Crippen molar-refractivity contribution in [2.24, 2.45) is 7.05 Å². The third kappa shape index (κ3) is 3.74. The molecule has 2 aromatic carbocycles. The maximum Gasteiger partial charge on any atom is 0.237 e. The topological polar surface area (TPSA) is 78.9 Å². The van der Waals surface area contributed by atoms with Crippen LogP contribution in [0.15, 0.2) is 58.2 Å². The van der Waals surface area contributed by atoms with Gasteiger partial charge in [0, 0.05) is 18.2 Å². The van der Waals surface area contributed by atoms with Gasteiger partial charge in [-0.15, -0.1) is 10.2 Å². The number of ether oxygens (including phenoxy) is 1. The van der Waals surface area contributed by atoms with Gasteiger partial charge in [-0.05, 0) is 24.3 Å². The van der Waals surface area contributed by atoms with Crippen LogP contribution in [0.5, 0.6) is 5.75 Å². The summed E-state index contributed by atoms with van der Waals surface area (Å²) in [6, 6.07) is 15.1. The molecule has 0 radical (unpaired) electrons. The summed E-state index contributed by atoms with van der Waals surface area (Å²) < 4.78 is 12.5. The molecule has 7 nitrogen and oxygen atoms in total. The van der Waals surface area contributed by atoms with Crippen LogP contribution in [0.2, 0.25) is 5.02 Å². The Morgan fingerprint density at radius 3 is 2.82 bits per heavy atom. The third-order valence-electron chi connectivity index (χ3n) is 4.07. The summed E-state index contributed by atoms with van der Waals surface area (Å²) in [6.45, 7) is 0. The molecule has 0 aliphatic heterocycles. The van der Waals surface area contributed by atoms with Crippen LogP contribution in [0.3, 0.4) is 0 Å².